The van der Waals surface area contributed by atoms with Crippen molar-refractivity contribution < 1.29 is 0 Å². The highest BCUT2D eigenvalue weighted by Gasteiger charge is 2.16. The molecule has 0 fully saturated rings. The molecule has 0 aliphatic rings. The van der Waals surface area contributed by atoms with Crippen molar-refractivity contribution in [2.24, 2.45) is 0 Å². The van der Waals surface area contributed by atoms with Crippen LogP contribution >= 0.6 is 11.3 Å². The van der Waals surface area contributed by atoms with E-state index in [9.17, 15) is 0 Å². The number of aromatic nitrogens is 3. The molecule has 0 saturated carbocycles. The molecule has 0 saturated heterocycles. The summed E-state index contributed by atoms with van der Waals surface area (Å²) in [6.45, 7) is 6.34. The molecule has 0 atom stereocenters. The van der Waals surface area contributed by atoms with Gasteiger partial charge in [0.05, 0.1) is 21.4 Å². The molecule has 2 aromatic carbocycles. The second-order valence-electron chi connectivity index (χ2n) is 6.30. The molecule has 2 aromatic heterocycles. The summed E-state index contributed by atoms with van der Waals surface area (Å²) >= 11 is 1.63. The maximum absolute atomic E-state index is 5.92. The number of anilines is 1. The molecule has 25 heavy (non-hydrogen) atoms. The topological polar surface area (TPSA) is 64.7 Å². The summed E-state index contributed by atoms with van der Waals surface area (Å²) in [5.74, 6) is 0.289. The van der Waals surface area contributed by atoms with E-state index < -0.39 is 0 Å². The van der Waals surface area contributed by atoms with Crippen molar-refractivity contribution in [2.45, 2.75) is 20.8 Å². The van der Waals surface area contributed by atoms with Crippen LogP contribution in [0.1, 0.15) is 16.7 Å². The van der Waals surface area contributed by atoms with E-state index in [2.05, 4.69) is 60.0 Å². The van der Waals surface area contributed by atoms with E-state index >= 15 is 0 Å². The highest BCUT2D eigenvalue weighted by Crippen LogP contribution is 2.36. The maximum Gasteiger partial charge on any atom is 0.220 e. The summed E-state index contributed by atoms with van der Waals surface area (Å²) in [5.41, 5.74) is 16.5. The Morgan fingerprint density at radius 3 is 2.48 bits per heavy atom. The second kappa shape index (κ2) is 5.93. The van der Waals surface area contributed by atoms with Crippen LogP contribution < -0.4 is 5.73 Å². The first-order valence-electron chi connectivity index (χ1n) is 8.07. The molecule has 0 aliphatic heterocycles. The van der Waals surface area contributed by atoms with Gasteiger partial charge < -0.3 is 5.73 Å². The van der Waals surface area contributed by atoms with Gasteiger partial charge >= 0.3 is 0 Å². The first-order chi connectivity index (χ1) is 12.0. The van der Waals surface area contributed by atoms with Gasteiger partial charge in [-0.1, -0.05) is 23.8 Å². The van der Waals surface area contributed by atoms with Crippen molar-refractivity contribution in [3.05, 3.63) is 58.7 Å². The average molecular weight is 346 g/mol. The molecule has 124 valence electrons. The third kappa shape index (κ3) is 2.76. The Morgan fingerprint density at radius 2 is 1.72 bits per heavy atom. The van der Waals surface area contributed by atoms with Gasteiger partial charge in [-0.2, -0.15) is 0 Å². The Bertz CT molecular complexity index is 1080. The minimum atomic E-state index is 0.289. The normalized spacial score (nSPS) is 11.2. The largest absolute Gasteiger partial charge is 0.368 e. The van der Waals surface area contributed by atoms with E-state index in [1.807, 2.05) is 17.8 Å². The molecule has 2 heterocycles. The number of thiazole rings is 1. The van der Waals surface area contributed by atoms with E-state index in [0.717, 1.165) is 32.6 Å². The van der Waals surface area contributed by atoms with Crippen LogP contribution in [0, 0.1) is 20.8 Å². The molecule has 4 rings (SSSR count). The fraction of sp³-hybridized carbons (Fsp3) is 0.150. The number of nitrogen functional groups attached to an aromatic ring is 1. The van der Waals surface area contributed by atoms with Crippen LogP contribution in [0.15, 0.2) is 42.0 Å². The number of fused-ring (bicyclic) bond motifs is 1. The number of nitrogens with zero attached hydrogens (tertiary/aromatic N) is 3. The lowest BCUT2D eigenvalue weighted by Gasteiger charge is -2.15. The van der Waals surface area contributed by atoms with Crippen LogP contribution in [-0.2, 0) is 0 Å². The zero-order chi connectivity index (χ0) is 17.6. The Balaban J connectivity index is 1.99. The van der Waals surface area contributed by atoms with Gasteiger partial charge in [-0.3, -0.25) is 0 Å². The molecular weight excluding hydrogens is 328 g/mol. The quantitative estimate of drug-likeness (QED) is 0.559. The zero-order valence-corrected chi connectivity index (χ0v) is 15.2. The third-order valence-corrected chi connectivity index (χ3v) is 5.16. The molecule has 0 amide bonds. The lowest BCUT2D eigenvalue weighted by Crippen LogP contribution is -2.01. The number of rotatable bonds is 2. The first-order valence-corrected chi connectivity index (χ1v) is 8.95. The molecule has 4 aromatic rings. The minimum absolute atomic E-state index is 0.289. The SMILES string of the molecule is Cc1cc(C)c(-c2nc(N)ncc2-c2ccc3ncsc3c2)c(C)c1. The zero-order valence-electron chi connectivity index (χ0n) is 14.4. The van der Waals surface area contributed by atoms with Crippen LogP contribution in [0.3, 0.4) is 0 Å². The van der Waals surface area contributed by atoms with Crippen molar-refractivity contribution in [1.29, 1.82) is 0 Å². The van der Waals surface area contributed by atoms with E-state index in [0.29, 0.717) is 0 Å². The highest BCUT2D eigenvalue weighted by atomic mass is 32.1. The van der Waals surface area contributed by atoms with E-state index in [-0.39, 0.29) is 5.95 Å². The summed E-state index contributed by atoms with van der Waals surface area (Å²) in [7, 11) is 0. The van der Waals surface area contributed by atoms with E-state index in [1.165, 1.54) is 16.7 Å². The smallest absolute Gasteiger partial charge is 0.220 e. The van der Waals surface area contributed by atoms with Gasteiger partial charge in [-0.05, 0) is 49.6 Å². The Labute approximate surface area is 150 Å². The first kappa shape index (κ1) is 15.7. The number of benzene rings is 2. The molecule has 0 aliphatic carbocycles. The van der Waals surface area contributed by atoms with Gasteiger partial charge in [0.15, 0.2) is 0 Å². The van der Waals surface area contributed by atoms with Crippen molar-refractivity contribution in [2.75, 3.05) is 5.73 Å². The maximum atomic E-state index is 5.92. The van der Waals surface area contributed by atoms with Crippen LogP contribution in [0.25, 0.3) is 32.6 Å². The number of nitrogens with two attached hydrogens (primary N) is 1. The standard InChI is InChI=1S/C20H18N4S/c1-11-6-12(2)18(13(3)7-11)19-15(9-22-20(21)24-19)14-4-5-16-17(8-14)25-10-23-16/h4-10H,1-3H3,(H2,21,22,24). The third-order valence-electron chi connectivity index (χ3n) is 4.36. The number of aryl methyl sites for hydroxylation is 3. The Morgan fingerprint density at radius 1 is 0.960 bits per heavy atom. The van der Waals surface area contributed by atoms with Crippen molar-refractivity contribution in [3.8, 4) is 22.4 Å². The summed E-state index contributed by atoms with van der Waals surface area (Å²) in [6, 6.07) is 10.6. The van der Waals surface area contributed by atoms with Crippen molar-refractivity contribution in [1.82, 2.24) is 15.0 Å². The van der Waals surface area contributed by atoms with Gasteiger partial charge in [0.25, 0.3) is 0 Å². The predicted molar refractivity (Wildman–Crippen MR) is 105 cm³/mol. The van der Waals surface area contributed by atoms with Crippen LogP contribution in [0.4, 0.5) is 5.95 Å². The lowest BCUT2D eigenvalue weighted by molar-refractivity contribution is 1.18. The molecule has 0 bridgehead atoms. The fourth-order valence-corrected chi connectivity index (χ4v) is 4.09. The molecule has 0 spiro atoms. The molecule has 0 radical (unpaired) electrons. The van der Waals surface area contributed by atoms with Crippen LogP contribution in [-0.4, -0.2) is 15.0 Å². The molecule has 0 unspecified atom stereocenters. The molecule has 5 heteroatoms. The Kier molecular flexibility index (Phi) is 3.73. The molecule has 2 N–H and O–H groups in total. The van der Waals surface area contributed by atoms with Gasteiger partial charge in [0.2, 0.25) is 5.95 Å². The second-order valence-corrected chi connectivity index (χ2v) is 7.19. The Hall–Kier alpha value is -2.79. The monoisotopic (exact) mass is 346 g/mol. The van der Waals surface area contributed by atoms with Crippen LogP contribution in [0.5, 0.6) is 0 Å². The summed E-state index contributed by atoms with van der Waals surface area (Å²) < 4.78 is 1.15. The van der Waals surface area contributed by atoms with E-state index in [1.54, 1.807) is 11.3 Å². The molecular formula is C20H18N4S. The number of hydrogen-bond acceptors (Lipinski definition) is 5. The van der Waals surface area contributed by atoms with Gasteiger partial charge in [0, 0.05) is 17.3 Å². The van der Waals surface area contributed by atoms with E-state index in [4.69, 9.17) is 5.73 Å². The summed E-state index contributed by atoms with van der Waals surface area (Å²) in [6.07, 6.45) is 1.82. The van der Waals surface area contributed by atoms with Crippen molar-refractivity contribution in [3.63, 3.8) is 0 Å². The summed E-state index contributed by atoms with van der Waals surface area (Å²) in [5, 5.41) is 0. The highest BCUT2D eigenvalue weighted by molar-refractivity contribution is 7.16. The van der Waals surface area contributed by atoms with Gasteiger partial charge in [0.1, 0.15) is 0 Å². The summed E-state index contributed by atoms with van der Waals surface area (Å²) in [4.78, 5) is 13.2. The van der Waals surface area contributed by atoms with Gasteiger partial charge in [-0.25, -0.2) is 15.0 Å². The van der Waals surface area contributed by atoms with Crippen molar-refractivity contribution >= 4 is 27.5 Å². The average Bonchev–Trinajstić information content (AvgIpc) is 3.01. The number of hydrogen-bond donors (Lipinski definition) is 1. The fourth-order valence-electron chi connectivity index (χ4n) is 3.37. The van der Waals surface area contributed by atoms with Gasteiger partial charge in [-0.15, -0.1) is 11.3 Å². The van der Waals surface area contributed by atoms with Crippen LogP contribution in [0.2, 0.25) is 0 Å². The minimum Gasteiger partial charge on any atom is -0.368 e. The molecule has 4 nitrogen and oxygen atoms in total. The predicted octanol–water partition coefficient (Wildman–Crippen LogP) is 4.93. The lowest BCUT2D eigenvalue weighted by atomic mass is 9.93.